The molecule has 0 aliphatic rings. The summed E-state index contributed by atoms with van der Waals surface area (Å²) in [7, 11) is 0.482. The Kier molecular flexibility index (Phi) is 5.83. The molecule has 1 atom stereocenters. The SMILES string of the molecule is CCS(=O)CCNC(=O)OC. The number of amides is 1. The summed E-state index contributed by atoms with van der Waals surface area (Å²) in [6.45, 7) is 2.25. The predicted molar refractivity (Wildman–Crippen MR) is 44.0 cm³/mol. The number of carbonyl (C=O) groups excluding carboxylic acids is 1. The monoisotopic (exact) mass is 179 g/mol. The summed E-state index contributed by atoms with van der Waals surface area (Å²) in [5.74, 6) is 1.12. The van der Waals surface area contributed by atoms with Gasteiger partial charge >= 0.3 is 6.09 Å². The Morgan fingerprint density at radius 2 is 2.27 bits per heavy atom. The van der Waals surface area contributed by atoms with Gasteiger partial charge in [0.15, 0.2) is 0 Å². The van der Waals surface area contributed by atoms with Crippen LogP contribution in [0.5, 0.6) is 0 Å². The minimum atomic E-state index is -0.816. The van der Waals surface area contributed by atoms with Crippen molar-refractivity contribution in [3.63, 3.8) is 0 Å². The molecule has 0 radical (unpaired) electrons. The molecule has 0 saturated carbocycles. The topological polar surface area (TPSA) is 55.4 Å². The van der Waals surface area contributed by atoms with Crippen molar-refractivity contribution in [2.75, 3.05) is 25.2 Å². The van der Waals surface area contributed by atoms with Gasteiger partial charge in [0, 0.05) is 28.9 Å². The number of hydrogen-bond donors (Lipinski definition) is 1. The highest BCUT2D eigenvalue weighted by Crippen LogP contribution is 1.79. The third-order valence-corrected chi connectivity index (χ3v) is 2.41. The average molecular weight is 179 g/mol. The van der Waals surface area contributed by atoms with Crippen LogP contribution in [-0.2, 0) is 15.5 Å². The number of nitrogens with one attached hydrogen (secondary N) is 1. The molecule has 0 saturated heterocycles. The van der Waals surface area contributed by atoms with Crippen molar-refractivity contribution >= 4 is 16.9 Å². The van der Waals surface area contributed by atoms with E-state index in [1.54, 1.807) is 0 Å². The maximum Gasteiger partial charge on any atom is 0.406 e. The Balaban J connectivity index is 3.27. The average Bonchev–Trinajstić information content (AvgIpc) is 2.04. The number of alkyl carbamates (subject to hydrolysis) is 1. The van der Waals surface area contributed by atoms with Crippen molar-refractivity contribution in [3.05, 3.63) is 0 Å². The molecule has 0 aromatic rings. The number of rotatable bonds is 4. The molecule has 1 unspecified atom stereocenters. The summed E-state index contributed by atoms with van der Waals surface area (Å²) >= 11 is 0. The Bertz CT molecular complexity index is 133. The van der Waals surface area contributed by atoms with Gasteiger partial charge < -0.3 is 10.1 Å². The van der Waals surface area contributed by atoms with Crippen LogP contribution in [0.25, 0.3) is 0 Å². The van der Waals surface area contributed by atoms with Crippen molar-refractivity contribution in [2.24, 2.45) is 0 Å². The largest absolute Gasteiger partial charge is 0.453 e. The van der Waals surface area contributed by atoms with Gasteiger partial charge in [0.25, 0.3) is 0 Å². The Labute approximate surface area is 68.8 Å². The molecule has 0 heterocycles. The highest BCUT2D eigenvalue weighted by atomic mass is 32.2. The molecule has 0 bridgehead atoms. The maximum atomic E-state index is 10.8. The second kappa shape index (κ2) is 6.15. The van der Waals surface area contributed by atoms with E-state index in [4.69, 9.17) is 0 Å². The molecule has 4 nitrogen and oxygen atoms in total. The van der Waals surface area contributed by atoms with E-state index < -0.39 is 16.9 Å². The van der Waals surface area contributed by atoms with Crippen LogP contribution in [0.15, 0.2) is 0 Å². The number of carbonyl (C=O) groups is 1. The maximum absolute atomic E-state index is 10.8. The van der Waals surface area contributed by atoms with Crippen LogP contribution in [0.3, 0.4) is 0 Å². The molecule has 0 rings (SSSR count). The van der Waals surface area contributed by atoms with Gasteiger partial charge in [-0.2, -0.15) is 0 Å². The Morgan fingerprint density at radius 3 is 2.73 bits per heavy atom. The summed E-state index contributed by atoms with van der Waals surface area (Å²) < 4.78 is 15.1. The molecular weight excluding hydrogens is 166 g/mol. The van der Waals surface area contributed by atoms with Crippen LogP contribution in [0, 0.1) is 0 Å². The third-order valence-electron chi connectivity index (χ3n) is 1.11. The quantitative estimate of drug-likeness (QED) is 0.666. The van der Waals surface area contributed by atoms with Gasteiger partial charge in [-0.3, -0.25) is 4.21 Å². The standard InChI is InChI=1S/C6H13NO3S/c1-3-11(9)5-4-7-6(8)10-2/h3-5H2,1-2H3,(H,7,8). The summed E-state index contributed by atoms with van der Waals surface area (Å²) in [5.41, 5.74) is 0. The number of methoxy groups -OCH3 is 1. The molecule has 0 aromatic heterocycles. The molecule has 11 heavy (non-hydrogen) atoms. The van der Waals surface area contributed by atoms with Crippen LogP contribution in [-0.4, -0.2) is 35.5 Å². The van der Waals surface area contributed by atoms with E-state index in [0.29, 0.717) is 18.1 Å². The van der Waals surface area contributed by atoms with E-state index >= 15 is 0 Å². The van der Waals surface area contributed by atoms with Gasteiger partial charge in [0.2, 0.25) is 0 Å². The first-order valence-corrected chi connectivity index (χ1v) is 4.86. The lowest BCUT2D eigenvalue weighted by atomic mass is 10.7. The van der Waals surface area contributed by atoms with Crippen LogP contribution in [0.1, 0.15) is 6.92 Å². The molecule has 1 N–H and O–H groups in total. The fraction of sp³-hybridized carbons (Fsp3) is 0.833. The van der Waals surface area contributed by atoms with E-state index in [1.165, 1.54) is 7.11 Å². The van der Waals surface area contributed by atoms with Crippen molar-refractivity contribution < 1.29 is 13.7 Å². The summed E-state index contributed by atoms with van der Waals surface area (Å²) in [6, 6.07) is 0. The molecular formula is C6H13NO3S. The summed E-state index contributed by atoms with van der Waals surface area (Å²) in [5, 5.41) is 2.44. The van der Waals surface area contributed by atoms with Crippen molar-refractivity contribution in [2.45, 2.75) is 6.92 Å². The summed E-state index contributed by atoms with van der Waals surface area (Å²) in [6.07, 6.45) is -0.474. The molecule has 0 aliphatic carbocycles. The van der Waals surface area contributed by atoms with Crippen LogP contribution in [0.2, 0.25) is 0 Å². The second-order valence-corrected chi connectivity index (χ2v) is 3.72. The molecule has 0 spiro atoms. The van der Waals surface area contributed by atoms with Crippen molar-refractivity contribution in [1.29, 1.82) is 0 Å². The predicted octanol–water partition coefficient (Wildman–Crippen LogP) is 0.111. The molecule has 0 aliphatic heterocycles. The first-order chi connectivity index (χ1) is 5.20. The van der Waals surface area contributed by atoms with E-state index in [-0.39, 0.29) is 0 Å². The van der Waals surface area contributed by atoms with E-state index in [1.807, 2.05) is 6.92 Å². The molecule has 0 fully saturated rings. The first kappa shape index (κ1) is 10.4. The van der Waals surface area contributed by atoms with Gasteiger partial charge in [-0.25, -0.2) is 4.79 Å². The fourth-order valence-corrected chi connectivity index (χ4v) is 1.10. The highest BCUT2D eigenvalue weighted by molar-refractivity contribution is 7.84. The lowest BCUT2D eigenvalue weighted by Gasteiger charge is -2.01. The van der Waals surface area contributed by atoms with Crippen molar-refractivity contribution in [1.82, 2.24) is 5.32 Å². The molecule has 66 valence electrons. The minimum absolute atomic E-state index is 0.410. The van der Waals surface area contributed by atoms with Crippen LogP contribution < -0.4 is 5.32 Å². The Hall–Kier alpha value is -0.580. The number of ether oxygens (including phenoxy) is 1. The number of hydrogen-bond acceptors (Lipinski definition) is 3. The third kappa shape index (κ3) is 5.84. The van der Waals surface area contributed by atoms with Gasteiger partial charge in [-0.05, 0) is 0 Å². The normalized spacial score (nSPS) is 12.2. The molecule has 1 amide bonds. The Morgan fingerprint density at radius 1 is 1.64 bits per heavy atom. The van der Waals surface area contributed by atoms with E-state index in [2.05, 4.69) is 10.1 Å². The zero-order chi connectivity index (χ0) is 8.69. The molecule has 0 aromatic carbocycles. The lowest BCUT2D eigenvalue weighted by molar-refractivity contribution is 0.172. The van der Waals surface area contributed by atoms with E-state index in [0.717, 1.165) is 0 Å². The highest BCUT2D eigenvalue weighted by Gasteiger charge is 1.98. The minimum Gasteiger partial charge on any atom is -0.453 e. The van der Waals surface area contributed by atoms with Gasteiger partial charge in [-0.15, -0.1) is 0 Å². The zero-order valence-corrected chi connectivity index (χ0v) is 7.57. The smallest absolute Gasteiger partial charge is 0.406 e. The lowest BCUT2D eigenvalue weighted by Crippen LogP contribution is -2.27. The van der Waals surface area contributed by atoms with Gasteiger partial charge in [0.05, 0.1) is 7.11 Å². The van der Waals surface area contributed by atoms with Gasteiger partial charge in [-0.1, -0.05) is 6.92 Å². The van der Waals surface area contributed by atoms with E-state index in [9.17, 15) is 9.00 Å². The zero-order valence-electron chi connectivity index (χ0n) is 6.75. The van der Waals surface area contributed by atoms with Crippen LogP contribution in [0.4, 0.5) is 4.79 Å². The van der Waals surface area contributed by atoms with Crippen molar-refractivity contribution in [3.8, 4) is 0 Å². The molecule has 5 heteroatoms. The first-order valence-electron chi connectivity index (χ1n) is 3.37. The second-order valence-electron chi connectivity index (χ2n) is 1.85. The van der Waals surface area contributed by atoms with Gasteiger partial charge in [0.1, 0.15) is 0 Å². The fourth-order valence-electron chi connectivity index (χ4n) is 0.483. The summed E-state index contributed by atoms with van der Waals surface area (Å²) in [4.78, 5) is 10.4. The van der Waals surface area contributed by atoms with Crippen LogP contribution >= 0.6 is 0 Å².